The van der Waals surface area contributed by atoms with E-state index >= 15 is 0 Å². The van der Waals surface area contributed by atoms with Gasteiger partial charge in [-0.15, -0.1) is 0 Å². The molecule has 1 aliphatic rings. The van der Waals surface area contributed by atoms with E-state index in [1.54, 1.807) is 0 Å². The Morgan fingerprint density at radius 2 is 0.781 bits per heavy atom. The average molecular weight is 814 g/mol. The molecule has 1 aliphatic carbocycles. The van der Waals surface area contributed by atoms with Crippen molar-refractivity contribution in [2.45, 2.75) is 5.41 Å². The maximum atomic E-state index is 2.45. The van der Waals surface area contributed by atoms with Crippen LogP contribution >= 0.6 is 0 Å². The lowest BCUT2D eigenvalue weighted by molar-refractivity contribution is 0.769. The summed E-state index contributed by atoms with van der Waals surface area (Å²) in [7, 11) is 0. The van der Waals surface area contributed by atoms with Crippen molar-refractivity contribution in [3.8, 4) is 44.5 Å². The Kier molecular flexibility index (Phi) is 9.13. The van der Waals surface area contributed by atoms with Crippen LogP contribution < -0.4 is 4.90 Å². The van der Waals surface area contributed by atoms with E-state index in [9.17, 15) is 0 Å². The lowest BCUT2D eigenvalue weighted by Gasteiger charge is -2.34. The summed E-state index contributed by atoms with van der Waals surface area (Å²) in [5.74, 6) is 0. The van der Waals surface area contributed by atoms with Crippen LogP contribution in [0, 0.1) is 0 Å². The molecule has 0 aromatic heterocycles. The maximum absolute atomic E-state index is 2.45. The second kappa shape index (κ2) is 15.6. The minimum absolute atomic E-state index is 0.449. The van der Waals surface area contributed by atoms with Crippen LogP contribution in [0.15, 0.2) is 261 Å². The Morgan fingerprint density at radius 1 is 0.266 bits per heavy atom. The molecule has 0 aliphatic heterocycles. The van der Waals surface area contributed by atoms with E-state index in [0.717, 1.165) is 17.1 Å². The zero-order chi connectivity index (χ0) is 42.5. The predicted octanol–water partition coefficient (Wildman–Crippen LogP) is 16.8. The summed E-state index contributed by atoms with van der Waals surface area (Å²) in [5.41, 5.74) is 17.8. The summed E-state index contributed by atoms with van der Waals surface area (Å²) < 4.78 is 0. The summed E-state index contributed by atoms with van der Waals surface area (Å²) in [4.78, 5) is 2.42. The molecule has 300 valence electrons. The fourth-order valence-electron chi connectivity index (χ4n) is 10.4. The molecule has 11 aromatic carbocycles. The Bertz CT molecular complexity index is 3440. The highest BCUT2D eigenvalue weighted by Crippen LogP contribution is 2.56. The Morgan fingerprint density at radius 3 is 1.55 bits per heavy atom. The molecule has 0 amide bonds. The smallest absolute Gasteiger partial charge is 0.0713 e. The summed E-state index contributed by atoms with van der Waals surface area (Å²) >= 11 is 0. The van der Waals surface area contributed by atoms with Gasteiger partial charge in [0, 0.05) is 16.8 Å². The van der Waals surface area contributed by atoms with Crippen LogP contribution in [0.3, 0.4) is 0 Å². The van der Waals surface area contributed by atoms with E-state index in [4.69, 9.17) is 0 Å². The van der Waals surface area contributed by atoms with Crippen LogP contribution in [0.25, 0.3) is 66.1 Å². The zero-order valence-electron chi connectivity index (χ0n) is 35.3. The molecule has 0 saturated heterocycles. The molecule has 0 heterocycles. The van der Waals surface area contributed by atoms with E-state index < -0.39 is 5.41 Å². The van der Waals surface area contributed by atoms with Crippen molar-refractivity contribution in [1.29, 1.82) is 0 Å². The molecule has 1 nitrogen and oxygen atoms in total. The fourth-order valence-corrected chi connectivity index (χ4v) is 10.4. The van der Waals surface area contributed by atoms with Crippen LogP contribution in [-0.2, 0) is 5.41 Å². The highest BCUT2D eigenvalue weighted by molar-refractivity contribution is 6.00. The van der Waals surface area contributed by atoms with Crippen molar-refractivity contribution in [1.82, 2.24) is 0 Å². The summed E-state index contributed by atoms with van der Waals surface area (Å²) in [5, 5.41) is 4.92. The molecular weight excluding hydrogens is 771 g/mol. The van der Waals surface area contributed by atoms with Crippen LogP contribution in [0.5, 0.6) is 0 Å². The van der Waals surface area contributed by atoms with Crippen molar-refractivity contribution in [3.05, 3.63) is 283 Å². The highest BCUT2D eigenvalue weighted by atomic mass is 15.1. The average Bonchev–Trinajstić information content (AvgIpc) is 3.67. The number of benzene rings is 11. The quantitative estimate of drug-likeness (QED) is 0.148. The van der Waals surface area contributed by atoms with Gasteiger partial charge in [-0.1, -0.05) is 218 Å². The third-order valence-electron chi connectivity index (χ3n) is 13.3. The van der Waals surface area contributed by atoms with Crippen molar-refractivity contribution >= 4 is 38.6 Å². The van der Waals surface area contributed by atoms with Gasteiger partial charge in [0.25, 0.3) is 0 Å². The molecule has 0 spiro atoms. The minimum Gasteiger partial charge on any atom is -0.310 e. The summed E-state index contributed by atoms with van der Waals surface area (Å²) in [6, 6.07) is 95.8. The standard InChI is InChI=1S/C63H43N/c1-3-24-51(25-4-1)63(52-26-5-2-6-27-52)60-33-12-11-31-58(60)59-40-37-49(43-61(59)63)44-35-38-53(39-36-44)64(62-34-16-20-46-18-8-10-30-57(46)62)54-28-14-22-48(42-54)47-21-13-23-50(41-47)56-32-15-19-45-17-7-9-29-55(45)56/h1-43H. The van der Waals surface area contributed by atoms with Crippen LogP contribution in [-0.4, -0.2) is 0 Å². The van der Waals surface area contributed by atoms with Gasteiger partial charge in [-0.2, -0.15) is 0 Å². The molecule has 64 heavy (non-hydrogen) atoms. The van der Waals surface area contributed by atoms with Crippen molar-refractivity contribution in [2.24, 2.45) is 0 Å². The number of hydrogen-bond donors (Lipinski definition) is 0. The Hall–Kier alpha value is -8.26. The van der Waals surface area contributed by atoms with Gasteiger partial charge in [-0.05, 0) is 125 Å². The Labute approximate surface area is 374 Å². The number of nitrogens with zero attached hydrogens (tertiary/aromatic N) is 1. The van der Waals surface area contributed by atoms with Crippen molar-refractivity contribution in [3.63, 3.8) is 0 Å². The van der Waals surface area contributed by atoms with Crippen molar-refractivity contribution in [2.75, 3.05) is 4.90 Å². The number of hydrogen-bond acceptors (Lipinski definition) is 1. The molecule has 0 bridgehead atoms. The lowest BCUT2D eigenvalue weighted by atomic mass is 9.67. The van der Waals surface area contributed by atoms with Gasteiger partial charge in [-0.25, -0.2) is 0 Å². The van der Waals surface area contributed by atoms with Crippen molar-refractivity contribution < 1.29 is 0 Å². The van der Waals surface area contributed by atoms with Gasteiger partial charge in [0.1, 0.15) is 0 Å². The van der Waals surface area contributed by atoms with Gasteiger partial charge in [-0.3, -0.25) is 0 Å². The highest BCUT2D eigenvalue weighted by Gasteiger charge is 2.46. The minimum atomic E-state index is -0.449. The maximum Gasteiger partial charge on any atom is 0.0713 e. The third kappa shape index (κ3) is 6.16. The van der Waals surface area contributed by atoms with Gasteiger partial charge in [0.2, 0.25) is 0 Å². The lowest BCUT2D eigenvalue weighted by Crippen LogP contribution is -2.28. The number of anilines is 3. The number of rotatable bonds is 8. The Balaban J connectivity index is 0.973. The van der Waals surface area contributed by atoms with Crippen LogP contribution in [0.4, 0.5) is 17.1 Å². The monoisotopic (exact) mass is 813 g/mol. The molecule has 0 unspecified atom stereocenters. The van der Waals surface area contributed by atoms with E-state index in [-0.39, 0.29) is 0 Å². The third-order valence-corrected chi connectivity index (χ3v) is 13.3. The molecule has 0 radical (unpaired) electrons. The predicted molar refractivity (Wildman–Crippen MR) is 270 cm³/mol. The summed E-state index contributed by atoms with van der Waals surface area (Å²) in [6.45, 7) is 0. The number of fused-ring (bicyclic) bond motifs is 5. The molecule has 0 atom stereocenters. The van der Waals surface area contributed by atoms with E-state index in [2.05, 4.69) is 266 Å². The second-order valence-corrected chi connectivity index (χ2v) is 16.8. The van der Waals surface area contributed by atoms with Gasteiger partial charge in [0.15, 0.2) is 0 Å². The zero-order valence-corrected chi connectivity index (χ0v) is 35.3. The van der Waals surface area contributed by atoms with E-state index in [1.807, 2.05) is 0 Å². The van der Waals surface area contributed by atoms with Gasteiger partial charge in [0.05, 0.1) is 11.1 Å². The first kappa shape index (κ1) is 37.5. The molecule has 11 aromatic rings. The van der Waals surface area contributed by atoms with Gasteiger partial charge < -0.3 is 4.90 Å². The van der Waals surface area contributed by atoms with Crippen LogP contribution in [0.2, 0.25) is 0 Å². The molecular formula is C63H43N. The van der Waals surface area contributed by atoms with E-state index in [0.29, 0.717) is 0 Å². The largest absolute Gasteiger partial charge is 0.310 e. The molecule has 0 saturated carbocycles. The summed E-state index contributed by atoms with van der Waals surface area (Å²) in [6.07, 6.45) is 0. The molecule has 0 N–H and O–H groups in total. The SMILES string of the molecule is c1ccc(C2(c3ccccc3)c3ccccc3-c3ccc(-c4ccc(N(c5cccc(-c6cccc(-c7cccc8ccccc78)c6)c5)c5cccc6ccccc56)cc4)cc32)cc1. The van der Waals surface area contributed by atoms with Gasteiger partial charge >= 0.3 is 0 Å². The fraction of sp³-hybridized carbons (Fsp3) is 0.0159. The first-order valence-corrected chi connectivity index (χ1v) is 22.2. The van der Waals surface area contributed by atoms with E-state index in [1.165, 1.54) is 88.3 Å². The molecule has 0 fully saturated rings. The van der Waals surface area contributed by atoms with Crippen LogP contribution in [0.1, 0.15) is 22.3 Å². The first-order chi connectivity index (χ1) is 31.7. The topological polar surface area (TPSA) is 3.24 Å². The first-order valence-electron chi connectivity index (χ1n) is 22.2. The molecule has 12 rings (SSSR count). The normalized spacial score (nSPS) is 12.5. The second-order valence-electron chi connectivity index (χ2n) is 16.8. The molecule has 1 heteroatoms.